The third-order valence-corrected chi connectivity index (χ3v) is 5.55. The molecule has 7 nitrogen and oxygen atoms in total. The summed E-state index contributed by atoms with van der Waals surface area (Å²) in [6, 6.07) is 9.43. The number of carbonyl (C=O) groups excluding carboxylic acids is 1. The lowest BCUT2D eigenvalue weighted by atomic mass is 10.1. The largest absolute Gasteiger partial charge is 0.387 e. The van der Waals surface area contributed by atoms with Gasteiger partial charge < -0.3 is 20.1 Å². The third kappa shape index (κ3) is 3.89. The third-order valence-electron chi connectivity index (χ3n) is 4.21. The van der Waals surface area contributed by atoms with Crippen LogP contribution in [0.25, 0.3) is 20.7 Å². The van der Waals surface area contributed by atoms with Crippen LogP contribution >= 0.6 is 22.9 Å². The molecule has 140 valence electrons. The average molecular weight is 405 g/mol. The van der Waals surface area contributed by atoms with Gasteiger partial charge in [0.1, 0.15) is 6.61 Å². The van der Waals surface area contributed by atoms with Crippen LogP contribution in [0, 0.1) is 0 Å². The van der Waals surface area contributed by atoms with Crippen molar-refractivity contribution in [3.8, 4) is 10.4 Å². The zero-order valence-corrected chi connectivity index (χ0v) is 15.9. The second-order valence-corrected chi connectivity index (χ2v) is 7.42. The highest BCUT2D eigenvalue weighted by atomic mass is 35.5. The fourth-order valence-electron chi connectivity index (χ4n) is 2.97. The first-order valence-electron chi connectivity index (χ1n) is 8.45. The number of hydrogen-bond acceptors (Lipinski definition) is 7. The molecule has 0 saturated carbocycles. The summed E-state index contributed by atoms with van der Waals surface area (Å²) < 4.78 is 6.40. The number of hydrogen-bond donors (Lipinski definition) is 2. The zero-order valence-electron chi connectivity index (χ0n) is 14.3. The van der Waals surface area contributed by atoms with Crippen LogP contribution in [0.1, 0.15) is 0 Å². The Kier molecular flexibility index (Phi) is 5.22. The first-order chi connectivity index (χ1) is 13.1. The van der Waals surface area contributed by atoms with Gasteiger partial charge in [-0.2, -0.15) is 4.98 Å². The van der Waals surface area contributed by atoms with Crippen LogP contribution in [0.5, 0.6) is 0 Å². The van der Waals surface area contributed by atoms with Gasteiger partial charge >= 0.3 is 0 Å². The van der Waals surface area contributed by atoms with Crippen molar-refractivity contribution in [2.45, 2.75) is 0 Å². The Labute approximate surface area is 164 Å². The van der Waals surface area contributed by atoms with Crippen LogP contribution in [-0.4, -0.2) is 53.9 Å². The molecule has 0 spiro atoms. The molecular weight excluding hydrogens is 388 g/mol. The molecule has 9 heteroatoms. The summed E-state index contributed by atoms with van der Waals surface area (Å²) in [6.45, 7) is 2.29. The maximum absolute atomic E-state index is 11.4. The van der Waals surface area contributed by atoms with E-state index in [-0.39, 0.29) is 5.28 Å². The minimum atomic E-state index is -0.551. The molecule has 3 aromatic rings. The van der Waals surface area contributed by atoms with Gasteiger partial charge in [0, 0.05) is 23.7 Å². The van der Waals surface area contributed by atoms with Crippen molar-refractivity contribution in [2.24, 2.45) is 0 Å². The highest BCUT2D eigenvalue weighted by Crippen LogP contribution is 2.38. The Morgan fingerprint density at radius 1 is 1.30 bits per heavy atom. The van der Waals surface area contributed by atoms with Crippen LogP contribution in [0.15, 0.2) is 30.3 Å². The molecule has 0 aliphatic carbocycles. The average Bonchev–Trinajstić information content (AvgIpc) is 3.12. The number of benzene rings is 1. The van der Waals surface area contributed by atoms with Crippen molar-refractivity contribution >= 4 is 50.6 Å². The monoisotopic (exact) mass is 404 g/mol. The van der Waals surface area contributed by atoms with Crippen LogP contribution in [0.2, 0.25) is 5.28 Å². The van der Waals surface area contributed by atoms with Crippen LogP contribution in [0.4, 0.5) is 11.5 Å². The Morgan fingerprint density at radius 3 is 2.89 bits per heavy atom. The highest BCUT2D eigenvalue weighted by Gasteiger charge is 2.19. The van der Waals surface area contributed by atoms with Crippen LogP contribution in [-0.2, 0) is 9.53 Å². The molecule has 1 saturated heterocycles. The summed E-state index contributed by atoms with van der Waals surface area (Å²) in [5.41, 5.74) is 2.36. The van der Waals surface area contributed by atoms with Gasteiger partial charge in [0.05, 0.1) is 23.4 Å². The molecule has 2 N–H and O–H groups in total. The van der Waals surface area contributed by atoms with Gasteiger partial charge in [0.2, 0.25) is 11.2 Å². The molecule has 0 atom stereocenters. The molecule has 3 heterocycles. The lowest BCUT2D eigenvalue weighted by Gasteiger charge is -2.28. The summed E-state index contributed by atoms with van der Waals surface area (Å²) in [5, 5.41) is 11.8. The second-order valence-electron chi connectivity index (χ2n) is 6.03. The number of halogens is 1. The van der Waals surface area contributed by atoms with Crippen molar-refractivity contribution in [1.29, 1.82) is 0 Å². The number of aliphatic hydroxyl groups excluding tert-OH is 1. The Morgan fingerprint density at radius 2 is 2.11 bits per heavy atom. The van der Waals surface area contributed by atoms with Crippen molar-refractivity contribution in [3.63, 3.8) is 0 Å². The minimum Gasteiger partial charge on any atom is -0.387 e. The van der Waals surface area contributed by atoms with Gasteiger partial charge in [-0.15, -0.1) is 11.3 Å². The van der Waals surface area contributed by atoms with E-state index in [9.17, 15) is 4.79 Å². The number of morpholine rings is 1. The molecule has 1 aliphatic rings. The lowest BCUT2D eigenvalue weighted by Crippen LogP contribution is -2.36. The number of amides is 1. The van der Waals surface area contributed by atoms with E-state index >= 15 is 0 Å². The summed E-state index contributed by atoms with van der Waals surface area (Å²) in [5.74, 6) is 0.380. The molecule has 0 radical (unpaired) electrons. The second kappa shape index (κ2) is 7.77. The van der Waals surface area contributed by atoms with E-state index in [1.54, 1.807) is 17.4 Å². The number of carbonyl (C=O) groups is 1. The van der Waals surface area contributed by atoms with Gasteiger partial charge in [-0.05, 0) is 35.4 Å². The van der Waals surface area contributed by atoms with Gasteiger partial charge in [0.15, 0.2) is 5.82 Å². The number of nitrogens with zero attached hydrogens (tertiary/aromatic N) is 3. The number of fused-ring (bicyclic) bond motifs is 1. The van der Waals surface area contributed by atoms with E-state index in [0.29, 0.717) is 18.9 Å². The number of thiophene rings is 1. The number of anilines is 2. The van der Waals surface area contributed by atoms with E-state index in [1.807, 2.05) is 24.3 Å². The topological polar surface area (TPSA) is 87.6 Å². The standard InChI is InChI=1S/C18H17ClN4O3S/c19-18-21-13-9-14(11-2-1-3-12(8-11)20-15(25)10-24)27-16(13)17(22-18)23-4-6-26-7-5-23/h1-3,8-9,24H,4-7,10H2,(H,20,25). The summed E-state index contributed by atoms with van der Waals surface area (Å²) in [4.78, 5) is 23.4. The van der Waals surface area contributed by atoms with Crippen molar-refractivity contribution in [2.75, 3.05) is 43.1 Å². The SMILES string of the molecule is O=C(CO)Nc1cccc(-c2cc3nc(Cl)nc(N4CCOCC4)c3s2)c1. The fourth-order valence-corrected chi connectivity index (χ4v) is 4.25. The number of nitrogens with one attached hydrogen (secondary N) is 1. The normalized spacial score (nSPS) is 14.5. The van der Waals surface area contributed by atoms with Crippen LogP contribution < -0.4 is 10.2 Å². The van der Waals surface area contributed by atoms with E-state index in [1.165, 1.54) is 0 Å². The molecule has 0 unspecified atom stereocenters. The summed E-state index contributed by atoms with van der Waals surface area (Å²) in [7, 11) is 0. The minimum absolute atomic E-state index is 0.220. The predicted molar refractivity (Wildman–Crippen MR) is 107 cm³/mol. The Bertz CT molecular complexity index is 988. The van der Waals surface area contributed by atoms with Crippen molar-refractivity contribution in [3.05, 3.63) is 35.6 Å². The Balaban J connectivity index is 1.73. The van der Waals surface area contributed by atoms with Gasteiger partial charge in [-0.1, -0.05) is 12.1 Å². The molecule has 1 aliphatic heterocycles. The Hall–Kier alpha value is -2.26. The van der Waals surface area contributed by atoms with E-state index < -0.39 is 12.5 Å². The number of aliphatic hydroxyl groups is 1. The van der Waals surface area contributed by atoms with E-state index in [2.05, 4.69) is 20.2 Å². The fraction of sp³-hybridized carbons (Fsp3) is 0.278. The van der Waals surface area contributed by atoms with Crippen LogP contribution in [0.3, 0.4) is 0 Å². The molecule has 27 heavy (non-hydrogen) atoms. The molecule has 2 aromatic heterocycles. The van der Waals surface area contributed by atoms with Gasteiger partial charge in [-0.25, -0.2) is 4.98 Å². The predicted octanol–water partition coefficient (Wildman–Crippen LogP) is 2.78. The first kappa shape index (κ1) is 18.1. The van der Waals surface area contributed by atoms with Gasteiger partial charge in [-0.3, -0.25) is 4.79 Å². The van der Waals surface area contributed by atoms with Crippen molar-refractivity contribution < 1.29 is 14.6 Å². The van der Waals surface area contributed by atoms with E-state index in [0.717, 1.165) is 39.6 Å². The molecule has 1 aromatic carbocycles. The highest BCUT2D eigenvalue weighted by molar-refractivity contribution is 7.22. The number of ether oxygens (including phenoxy) is 1. The number of aromatic nitrogens is 2. The molecular formula is C18H17ClN4O3S. The number of rotatable bonds is 4. The maximum Gasteiger partial charge on any atom is 0.250 e. The van der Waals surface area contributed by atoms with Crippen molar-refractivity contribution in [1.82, 2.24) is 9.97 Å². The molecule has 4 rings (SSSR count). The quantitative estimate of drug-likeness (QED) is 0.650. The molecule has 0 bridgehead atoms. The molecule has 1 amide bonds. The summed E-state index contributed by atoms with van der Waals surface area (Å²) >= 11 is 7.73. The maximum atomic E-state index is 11.4. The smallest absolute Gasteiger partial charge is 0.250 e. The zero-order chi connectivity index (χ0) is 18.8. The first-order valence-corrected chi connectivity index (χ1v) is 9.64. The lowest BCUT2D eigenvalue weighted by molar-refractivity contribution is -0.118. The van der Waals surface area contributed by atoms with E-state index in [4.69, 9.17) is 21.4 Å². The summed E-state index contributed by atoms with van der Waals surface area (Å²) in [6.07, 6.45) is 0. The van der Waals surface area contributed by atoms with Gasteiger partial charge in [0.25, 0.3) is 0 Å². The molecule has 1 fully saturated rings.